The summed E-state index contributed by atoms with van der Waals surface area (Å²) in [5.74, 6) is -1.89. The van der Waals surface area contributed by atoms with Crippen LogP contribution >= 0.6 is 0 Å². The largest absolute Gasteiger partial charge is 0.368 e. The number of nitrogens with zero attached hydrogens (tertiary/aromatic N) is 2. The number of hydrogen-bond donors (Lipinski definition) is 2. The van der Waals surface area contributed by atoms with E-state index in [0.29, 0.717) is 0 Å². The van der Waals surface area contributed by atoms with Crippen LogP contribution in [0.1, 0.15) is 23.7 Å². The molecule has 0 fully saturated rings. The highest BCUT2D eigenvalue weighted by atomic mass is 16.6. The number of nitrogens with one attached hydrogen (secondary N) is 1. The highest BCUT2D eigenvalue weighted by Gasteiger charge is 2.22. The first-order valence-electron chi connectivity index (χ1n) is 6.09. The van der Waals surface area contributed by atoms with Crippen LogP contribution in [0.2, 0.25) is 0 Å². The number of nitro groups is 1. The fourth-order valence-corrected chi connectivity index (χ4v) is 1.65. The van der Waals surface area contributed by atoms with Crippen molar-refractivity contribution in [3.63, 3.8) is 0 Å². The highest BCUT2D eigenvalue weighted by Crippen LogP contribution is 2.13. The van der Waals surface area contributed by atoms with Gasteiger partial charge in [0.2, 0.25) is 5.91 Å². The number of non-ortho nitro benzene ring substituents is 1. The molecule has 0 saturated carbocycles. The molecule has 110 valence electrons. The number of nitrogens with two attached hydrogens (primary N) is 1. The first kappa shape index (κ1) is 16.1. The van der Waals surface area contributed by atoms with Crippen molar-refractivity contribution in [2.24, 2.45) is 11.7 Å². The molecule has 2 amide bonds. The summed E-state index contributed by atoms with van der Waals surface area (Å²) in [6, 6.07) is 6.03. The maximum absolute atomic E-state index is 12.0. The molecule has 21 heavy (non-hydrogen) atoms. The van der Waals surface area contributed by atoms with Gasteiger partial charge in [0, 0.05) is 23.6 Å². The van der Waals surface area contributed by atoms with Gasteiger partial charge in [-0.2, -0.15) is 5.26 Å². The van der Waals surface area contributed by atoms with Crippen LogP contribution in [0.25, 0.3) is 0 Å². The Hall–Kier alpha value is -2.95. The molecule has 1 aromatic carbocycles. The molecule has 0 aromatic heterocycles. The average molecular weight is 290 g/mol. The smallest absolute Gasteiger partial charge is 0.270 e. The molecule has 0 bridgehead atoms. The summed E-state index contributed by atoms with van der Waals surface area (Å²) in [5.41, 5.74) is 4.98. The molecule has 0 aliphatic carbocycles. The normalized spacial score (nSPS) is 12.8. The summed E-state index contributed by atoms with van der Waals surface area (Å²) < 4.78 is 0. The van der Waals surface area contributed by atoms with E-state index in [-0.39, 0.29) is 17.7 Å². The predicted molar refractivity (Wildman–Crippen MR) is 72.9 cm³/mol. The van der Waals surface area contributed by atoms with Gasteiger partial charge in [0.15, 0.2) is 0 Å². The van der Waals surface area contributed by atoms with E-state index in [2.05, 4.69) is 5.32 Å². The molecule has 0 unspecified atom stereocenters. The summed E-state index contributed by atoms with van der Waals surface area (Å²) in [7, 11) is 0. The van der Waals surface area contributed by atoms with Crippen molar-refractivity contribution in [2.45, 2.75) is 19.4 Å². The zero-order valence-electron chi connectivity index (χ0n) is 11.3. The number of benzene rings is 1. The molecule has 2 atom stereocenters. The average Bonchev–Trinajstić information content (AvgIpc) is 2.46. The van der Waals surface area contributed by atoms with Crippen LogP contribution in [0.3, 0.4) is 0 Å². The molecule has 8 nitrogen and oxygen atoms in total. The van der Waals surface area contributed by atoms with Gasteiger partial charge in [0.05, 0.1) is 11.0 Å². The molecule has 0 aliphatic rings. The van der Waals surface area contributed by atoms with Crippen molar-refractivity contribution in [3.05, 3.63) is 39.9 Å². The second-order valence-corrected chi connectivity index (χ2v) is 4.50. The molecule has 3 N–H and O–H groups in total. The number of carbonyl (C=O) groups is 2. The van der Waals surface area contributed by atoms with Gasteiger partial charge >= 0.3 is 0 Å². The Labute approximate surface area is 120 Å². The van der Waals surface area contributed by atoms with Crippen molar-refractivity contribution in [1.29, 1.82) is 5.26 Å². The first-order valence-corrected chi connectivity index (χ1v) is 6.09. The van der Waals surface area contributed by atoms with Gasteiger partial charge in [-0.15, -0.1) is 0 Å². The van der Waals surface area contributed by atoms with Gasteiger partial charge in [0.25, 0.3) is 11.6 Å². The monoisotopic (exact) mass is 290 g/mol. The molecular formula is C13H14N4O4. The maximum atomic E-state index is 12.0. The summed E-state index contributed by atoms with van der Waals surface area (Å²) >= 11 is 0. The third kappa shape index (κ3) is 4.58. The number of amides is 2. The third-order valence-corrected chi connectivity index (χ3v) is 2.78. The minimum Gasteiger partial charge on any atom is -0.368 e. The maximum Gasteiger partial charge on any atom is 0.270 e. The van der Waals surface area contributed by atoms with Gasteiger partial charge < -0.3 is 11.1 Å². The minimum absolute atomic E-state index is 0.0417. The van der Waals surface area contributed by atoms with Crippen molar-refractivity contribution in [3.8, 4) is 6.07 Å². The second kappa shape index (κ2) is 7.00. The van der Waals surface area contributed by atoms with Crippen LogP contribution < -0.4 is 11.1 Å². The van der Waals surface area contributed by atoms with Crippen LogP contribution in [0.15, 0.2) is 24.3 Å². The van der Waals surface area contributed by atoms with E-state index in [4.69, 9.17) is 11.0 Å². The number of primary amides is 1. The fourth-order valence-electron chi connectivity index (χ4n) is 1.65. The van der Waals surface area contributed by atoms with Crippen molar-refractivity contribution in [1.82, 2.24) is 5.32 Å². The van der Waals surface area contributed by atoms with E-state index >= 15 is 0 Å². The Balaban J connectivity index is 2.87. The zero-order valence-corrected chi connectivity index (χ0v) is 11.3. The van der Waals surface area contributed by atoms with E-state index in [0.717, 1.165) is 6.07 Å². The third-order valence-electron chi connectivity index (χ3n) is 2.78. The fraction of sp³-hybridized carbons (Fsp3) is 0.308. The summed E-state index contributed by atoms with van der Waals surface area (Å²) in [4.78, 5) is 33.3. The molecule has 8 heteroatoms. The van der Waals surface area contributed by atoms with Crippen molar-refractivity contribution >= 4 is 17.5 Å². The molecular weight excluding hydrogens is 276 g/mol. The molecule has 0 aliphatic heterocycles. The lowest BCUT2D eigenvalue weighted by molar-refractivity contribution is -0.384. The van der Waals surface area contributed by atoms with E-state index in [9.17, 15) is 19.7 Å². The van der Waals surface area contributed by atoms with Gasteiger partial charge in [-0.1, -0.05) is 6.07 Å². The minimum atomic E-state index is -1.01. The number of carbonyl (C=O) groups excluding carboxylic acids is 2. The molecule has 0 radical (unpaired) electrons. The van der Waals surface area contributed by atoms with Gasteiger partial charge in [0.1, 0.15) is 6.04 Å². The van der Waals surface area contributed by atoms with Crippen LogP contribution in [0.5, 0.6) is 0 Å². The molecule has 0 heterocycles. The van der Waals surface area contributed by atoms with E-state index in [1.54, 1.807) is 6.92 Å². The zero-order chi connectivity index (χ0) is 16.0. The lowest BCUT2D eigenvalue weighted by atomic mass is 10.0. The Morgan fingerprint density at radius 3 is 2.71 bits per heavy atom. The van der Waals surface area contributed by atoms with Crippen molar-refractivity contribution in [2.75, 3.05) is 0 Å². The number of nitro benzene ring substituents is 1. The quantitative estimate of drug-likeness (QED) is 0.587. The van der Waals surface area contributed by atoms with Gasteiger partial charge in [-0.3, -0.25) is 19.7 Å². The summed E-state index contributed by atoms with van der Waals surface area (Å²) in [5, 5.41) is 21.8. The summed E-state index contributed by atoms with van der Waals surface area (Å²) in [6.45, 7) is 1.59. The van der Waals surface area contributed by atoms with E-state index in [1.807, 2.05) is 6.07 Å². The standard InChI is InChI=1S/C13H14N4O4/c1-8(7-14)5-11(12(15)18)16-13(19)9-3-2-4-10(6-9)17(20)21/h2-4,6,8,11H,5H2,1H3,(H2,15,18)(H,16,19)/t8-,11-/m0/s1. The SMILES string of the molecule is C[C@H](C#N)C[C@H](NC(=O)c1cccc([N+](=O)[O-])c1)C(N)=O. The number of rotatable bonds is 6. The van der Waals surface area contributed by atoms with Crippen LogP contribution in [-0.4, -0.2) is 22.8 Å². The number of nitriles is 1. The van der Waals surface area contributed by atoms with Gasteiger partial charge in [-0.25, -0.2) is 0 Å². The lowest BCUT2D eigenvalue weighted by Gasteiger charge is -2.16. The molecule has 1 aromatic rings. The van der Waals surface area contributed by atoms with Crippen LogP contribution in [0, 0.1) is 27.4 Å². The van der Waals surface area contributed by atoms with Gasteiger partial charge in [-0.05, 0) is 19.4 Å². The van der Waals surface area contributed by atoms with Crippen molar-refractivity contribution < 1.29 is 14.5 Å². The molecule has 0 spiro atoms. The van der Waals surface area contributed by atoms with E-state index in [1.165, 1.54) is 18.2 Å². The lowest BCUT2D eigenvalue weighted by Crippen LogP contribution is -2.45. The van der Waals surface area contributed by atoms with Crippen LogP contribution in [-0.2, 0) is 4.79 Å². The second-order valence-electron chi connectivity index (χ2n) is 4.50. The first-order chi connectivity index (χ1) is 9.85. The molecule has 1 rings (SSSR count). The van der Waals surface area contributed by atoms with Crippen LogP contribution in [0.4, 0.5) is 5.69 Å². The van der Waals surface area contributed by atoms with E-state index < -0.39 is 28.7 Å². The Kier molecular flexibility index (Phi) is 5.37. The topological polar surface area (TPSA) is 139 Å². The molecule has 0 saturated heterocycles. The Morgan fingerprint density at radius 1 is 1.52 bits per heavy atom. The Morgan fingerprint density at radius 2 is 2.19 bits per heavy atom. The summed E-state index contributed by atoms with van der Waals surface area (Å²) in [6.07, 6.45) is 0.0759. The predicted octanol–water partition coefficient (Wildman–Crippen LogP) is 0.728. The number of hydrogen-bond acceptors (Lipinski definition) is 5. The Bertz CT molecular complexity index is 608. The highest BCUT2D eigenvalue weighted by molar-refractivity contribution is 5.97.